The standard InChI is InChI=1S/C20H22ClNO4/c1-3-25-20(24)13(2)22-7-8-26-19-16(12-22)9-15(11-18(19)23)14-5-4-6-17(21)10-14/h4-6,9-11,13,23H,3,7-8,12H2,1-2H3/t13-/m0/s1. The van der Waals surface area contributed by atoms with Crippen LogP contribution in [0.25, 0.3) is 11.1 Å². The molecular formula is C20H22ClNO4. The molecule has 0 saturated carbocycles. The maximum atomic E-state index is 12.1. The molecule has 0 radical (unpaired) electrons. The second-order valence-electron chi connectivity index (χ2n) is 6.24. The Bertz CT molecular complexity index is 808. The molecular weight excluding hydrogens is 354 g/mol. The topological polar surface area (TPSA) is 59.0 Å². The molecule has 2 aromatic carbocycles. The first-order chi connectivity index (χ1) is 12.5. The van der Waals surface area contributed by atoms with Crippen molar-refractivity contribution in [3.63, 3.8) is 0 Å². The Kier molecular flexibility index (Phi) is 5.69. The Balaban J connectivity index is 1.93. The summed E-state index contributed by atoms with van der Waals surface area (Å²) in [4.78, 5) is 14.1. The fourth-order valence-corrected chi connectivity index (χ4v) is 3.29. The highest BCUT2D eigenvalue weighted by Gasteiger charge is 2.27. The summed E-state index contributed by atoms with van der Waals surface area (Å²) in [6.45, 7) is 5.41. The minimum absolute atomic E-state index is 0.0862. The highest BCUT2D eigenvalue weighted by Crippen LogP contribution is 2.38. The third-order valence-electron chi connectivity index (χ3n) is 4.48. The van der Waals surface area contributed by atoms with Crippen molar-refractivity contribution >= 4 is 17.6 Å². The first kappa shape index (κ1) is 18.5. The Hall–Kier alpha value is -2.24. The normalized spacial score (nSPS) is 15.5. The predicted octanol–water partition coefficient (Wildman–Crippen LogP) is 3.86. The SMILES string of the molecule is CCOC(=O)[C@H](C)N1CCOc2c(O)cc(-c3cccc(Cl)c3)cc2C1. The van der Waals surface area contributed by atoms with E-state index in [0.29, 0.717) is 37.1 Å². The van der Waals surface area contributed by atoms with Gasteiger partial charge in [0.2, 0.25) is 0 Å². The number of halogens is 1. The van der Waals surface area contributed by atoms with E-state index in [1.165, 1.54) is 0 Å². The highest BCUT2D eigenvalue weighted by atomic mass is 35.5. The van der Waals surface area contributed by atoms with Crippen molar-refractivity contribution in [1.82, 2.24) is 4.90 Å². The first-order valence-corrected chi connectivity index (χ1v) is 9.02. The van der Waals surface area contributed by atoms with Crippen LogP contribution in [-0.4, -0.2) is 41.8 Å². The predicted molar refractivity (Wildman–Crippen MR) is 101 cm³/mol. The summed E-state index contributed by atoms with van der Waals surface area (Å²) in [5.74, 6) is 0.295. The Labute approximate surface area is 158 Å². The number of fused-ring (bicyclic) bond motifs is 1. The molecule has 1 atom stereocenters. The number of hydrogen-bond acceptors (Lipinski definition) is 5. The van der Waals surface area contributed by atoms with Crippen molar-refractivity contribution in [2.75, 3.05) is 19.8 Å². The molecule has 0 unspecified atom stereocenters. The third-order valence-corrected chi connectivity index (χ3v) is 4.71. The van der Waals surface area contributed by atoms with E-state index in [4.69, 9.17) is 21.1 Å². The molecule has 26 heavy (non-hydrogen) atoms. The highest BCUT2D eigenvalue weighted by molar-refractivity contribution is 6.30. The van der Waals surface area contributed by atoms with E-state index in [0.717, 1.165) is 16.7 Å². The third kappa shape index (κ3) is 3.94. The fraction of sp³-hybridized carbons (Fsp3) is 0.350. The van der Waals surface area contributed by atoms with Gasteiger partial charge >= 0.3 is 5.97 Å². The zero-order chi connectivity index (χ0) is 18.7. The summed E-state index contributed by atoms with van der Waals surface area (Å²) in [5, 5.41) is 11.1. The molecule has 5 nitrogen and oxygen atoms in total. The lowest BCUT2D eigenvalue weighted by Crippen LogP contribution is -2.40. The van der Waals surface area contributed by atoms with Crippen molar-refractivity contribution in [2.24, 2.45) is 0 Å². The fourth-order valence-electron chi connectivity index (χ4n) is 3.10. The van der Waals surface area contributed by atoms with Crippen LogP contribution < -0.4 is 4.74 Å². The quantitative estimate of drug-likeness (QED) is 0.822. The average molecular weight is 376 g/mol. The van der Waals surface area contributed by atoms with Gasteiger partial charge in [0, 0.05) is 23.7 Å². The van der Waals surface area contributed by atoms with Crippen LogP contribution in [0.2, 0.25) is 5.02 Å². The molecule has 6 heteroatoms. The molecule has 0 amide bonds. The van der Waals surface area contributed by atoms with Crippen LogP contribution in [0.3, 0.4) is 0 Å². The number of esters is 1. The van der Waals surface area contributed by atoms with Crippen LogP contribution in [0.15, 0.2) is 36.4 Å². The van der Waals surface area contributed by atoms with E-state index in [1.807, 2.05) is 36.1 Å². The van der Waals surface area contributed by atoms with Gasteiger partial charge in [-0.2, -0.15) is 0 Å². The zero-order valence-electron chi connectivity index (χ0n) is 14.9. The molecule has 0 fully saturated rings. The molecule has 1 aliphatic rings. The number of nitrogens with zero attached hydrogens (tertiary/aromatic N) is 1. The largest absolute Gasteiger partial charge is 0.504 e. The van der Waals surface area contributed by atoms with Crippen LogP contribution in [-0.2, 0) is 16.1 Å². The minimum Gasteiger partial charge on any atom is -0.504 e. The van der Waals surface area contributed by atoms with Crippen molar-refractivity contribution in [1.29, 1.82) is 0 Å². The van der Waals surface area contributed by atoms with E-state index in [1.54, 1.807) is 19.1 Å². The monoisotopic (exact) mass is 375 g/mol. The van der Waals surface area contributed by atoms with Gasteiger partial charge in [-0.3, -0.25) is 9.69 Å². The Morgan fingerprint density at radius 3 is 2.88 bits per heavy atom. The summed E-state index contributed by atoms with van der Waals surface area (Å²) in [7, 11) is 0. The summed E-state index contributed by atoms with van der Waals surface area (Å²) in [6, 6.07) is 10.7. The first-order valence-electron chi connectivity index (χ1n) is 8.65. The van der Waals surface area contributed by atoms with E-state index in [9.17, 15) is 9.90 Å². The van der Waals surface area contributed by atoms with Gasteiger partial charge < -0.3 is 14.6 Å². The summed E-state index contributed by atoms with van der Waals surface area (Å²) >= 11 is 6.09. The molecule has 138 valence electrons. The molecule has 1 aliphatic heterocycles. The number of aromatic hydroxyl groups is 1. The molecule has 2 aromatic rings. The van der Waals surface area contributed by atoms with E-state index < -0.39 is 0 Å². The van der Waals surface area contributed by atoms with Gasteiger partial charge in [-0.15, -0.1) is 0 Å². The second kappa shape index (κ2) is 7.98. The second-order valence-corrected chi connectivity index (χ2v) is 6.68. The Morgan fingerprint density at radius 2 is 2.15 bits per heavy atom. The van der Waals surface area contributed by atoms with Gasteiger partial charge in [-0.05, 0) is 49.2 Å². The van der Waals surface area contributed by atoms with Crippen LogP contribution >= 0.6 is 11.6 Å². The molecule has 0 bridgehead atoms. The number of rotatable bonds is 4. The molecule has 1 heterocycles. The van der Waals surface area contributed by atoms with Gasteiger partial charge in [0.1, 0.15) is 12.6 Å². The number of carbonyl (C=O) groups is 1. The lowest BCUT2D eigenvalue weighted by Gasteiger charge is -2.25. The van der Waals surface area contributed by atoms with Gasteiger partial charge in [0.15, 0.2) is 11.5 Å². The number of carbonyl (C=O) groups excluding carboxylic acids is 1. The van der Waals surface area contributed by atoms with Gasteiger partial charge in [0.25, 0.3) is 0 Å². The summed E-state index contributed by atoms with van der Waals surface area (Å²) in [5.41, 5.74) is 2.58. The molecule has 0 aliphatic carbocycles. The van der Waals surface area contributed by atoms with Crippen LogP contribution in [0.5, 0.6) is 11.5 Å². The zero-order valence-corrected chi connectivity index (χ0v) is 15.6. The molecule has 1 N–H and O–H groups in total. The number of phenols is 1. The smallest absolute Gasteiger partial charge is 0.323 e. The molecule has 0 saturated heterocycles. The number of ether oxygens (including phenoxy) is 2. The Morgan fingerprint density at radius 1 is 1.35 bits per heavy atom. The van der Waals surface area contributed by atoms with Crippen LogP contribution in [0.4, 0.5) is 0 Å². The van der Waals surface area contributed by atoms with Crippen molar-refractivity contribution in [3.8, 4) is 22.6 Å². The number of benzene rings is 2. The lowest BCUT2D eigenvalue weighted by molar-refractivity contribution is -0.149. The summed E-state index contributed by atoms with van der Waals surface area (Å²) < 4.78 is 10.9. The van der Waals surface area contributed by atoms with Crippen LogP contribution in [0, 0.1) is 0 Å². The summed E-state index contributed by atoms with van der Waals surface area (Å²) in [6.07, 6.45) is 0. The lowest BCUT2D eigenvalue weighted by atomic mass is 10.0. The van der Waals surface area contributed by atoms with Gasteiger partial charge in [0.05, 0.1) is 6.61 Å². The maximum absolute atomic E-state index is 12.1. The number of hydrogen-bond donors (Lipinski definition) is 1. The van der Waals surface area contributed by atoms with E-state index >= 15 is 0 Å². The van der Waals surface area contributed by atoms with Crippen LogP contribution in [0.1, 0.15) is 19.4 Å². The average Bonchev–Trinajstić information content (AvgIpc) is 2.84. The molecule has 0 aromatic heterocycles. The van der Waals surface area contributed by atoms with Crippen molar-refractivity contribution < 1.29 is 19.4 Å². The minimum atomic E-state index is -0.388. The van der Waals surface area contributed by atoms with Gasteiger partial charge in [-0.1, -0.05) is 23.7 Å². The van der Waals surface area contributed by atoms with E-state index in [2.05, 4.69) is 0 Å². The molecule has 3 rings (SSSR count). The van der Waals surface area contributed by atoms with Gasteiger partial charge in [-0.25, -0.2) is 0 Å². The van der Waals surface area contributed by atoms with Crippen molar-refractivity contribution in [2.45, 2.75) is 26.4 Å². The number of phenolic OH excluding ortho intramolecular Hbond substituents is 1. The van der Waals surface area contributed by atoms with Crippen molar-refractivity contribution in [3.05, 3.63) is 47.0 Å². The maximum Gasteiger partial charge on any atom is 0.323 e. The molecule has 0 spiro atoms. The van der Waals surface area contributed by atoms with E-state index in [-0.39, 0.29) is 17.8 Å².